The fourth-order valence-corrected chi connectivity index (χ4v) is 2.59. The Morgan fingerprint density at radius 1 is 1.18 bits per heavy atom. The van der Waals surface area contributed by atoms with Crippen LogP contribution in [0.1, 0.15) is 40.5 Å². The Morgan fingerprint density at radius 2 is 1.93 bits per heavy atom. The van der Waals surface area contributed by atoms with E-state index in [1.165, 1.54) is 24.5 Å². The van der Waals surface area contributed by atoms with Gasteiger partial charge in [-0.25, -0.2) is 4.79 Å². The van der Waals surface area contributed by atoms with Crippen molar-refractivity contribution in [2.45, 2.75) is 19.8 Å². The van der Waals surface area contributed by atoms with Gasteiger partial charge < -0.3 is 14.5 Å². The number of rotatable bonds is 7. The summed E-state index contributed by atoms with van der Waals surface area (Å²) in [6.07, 6.45) is 2.99. The summed E-state index contributed by atoms with van der Waals surface area (Å²) < 4.78 is 10.4. The number of furan rings is 1. The van der Waals surface area contributed by atoms with Crippen LogP contribution in [-0.2, 0) is 4.74 Å². The highest BCUT2D eigenvalue weighted by Crippen LogP contribution is 2.26. The molecule has 0 bridgehead atoms. The van der Waals surface area contributed by atoms with Crippen LogP contribution in [0.5, 0.6) is 0 Å². The Kier molecular flexibility index (Phi) is 5.69. The van der Waals surface area contributed by atoms with Crippen molar-refractivity contribution in [1.29, 1.82) is 0 Å². The number of nitrogens with zero attached hydrogens (tertiary/aromatic N) is 1. The summed E-state index contributed by atoms with van der Waals surface area (Å²) in [4.78, 5) is 34.8. The van der Waals surface area contributed by atoms with Crippen LogP contribution in [0.15, 0.2) is 53.1 Å². The lowest BCUT2D eigenvalue weighted by atomic mass is 10.1. The first kappa shape index (κ1) is 19.1. The standard InChI is InChI=1S/C20H18N2O6/c1-2-3-10-27-20(24)13-4-6-14(7-5-13)21-19(23)17-12-28-18-9-8-15(22(25)26)11-16(17)18/h4-9,11-12H,2-3,10H2,1H3,(H,21,23). The average Bonchev–Trinajstić information content (AvgIpc) is 3.12. The number of non-ortho nitro benzene ring substituents is 1. The molecule has 0 atom stereocenters. The quantitative estimate of drug-likeness (QED) is 0.278. The molecule has 0 spiro atoms. The third kappa shape index (κ3) is 4.17. The number of fused-ring (bicyclic) bond motifs is 1. The number of esters is 1. The lowest BCUT2D eigenvalue weighted by Gasteiger charge is -2.06. The predicted octanol–water partition coefficient (Wildman–Crippen LogP) is 4.55. The summed E-state index contributed by atoms with van der Waals surface area (Å²) in [7, 11) is 0. The van der Waals surface area contributed by atoms with Gasteiger partial charge in [0, 0.05) is 23.2 Å². The number of hydrogen-bond acceptors (Lipinski definition) is 6. The molecule has 1 aromatic heterocycles. The molecule has 3 aromatic rings. The van der Waals surface area contributed by atoms with Crippen LogP contribution < -0.4 is 5.32 Å². The molecule has 28 heavy (non-hydrogen) atoms. The van der Waals surface area contributed by atoms with Crippen molar-refractivity contribution in [2.75, 3.05) is 11.9 Å². The number of amides is 1. The number of unbranched alkanes of at least 4 members (excludes halogenated alkanes) is 1. The maximum Gasteiger partial charge on any atom is 0.338 e. The highest BCUT2D eigenvalue weighted by atomic mass is 16.6. The number of nitrogens with one attached hydrogen (secondary N) is 1. The summed E-state index contributed by atoms with van der Waals surface area (Å²) in [6.45, 7) is 2.38. The minimum absolute atomic E-state index is 0.131. The van der Waals surface area contributed by atoms with Gasteiger partial charge in [0.2, 0.25) is 0 Å². The van der Waals surface area contributed by atoms with Crippen LogP contribution in [0.4, 0.5) is 11.4 Å². The second-order valence-electron chi connectivity index (χ2n) is 6.11. The van der Waals surface area contributed by atoms with E-state index in [2.05, 4.69) is 5.32 Å². The Balaban J connectivity index is 1.73. The van der Waals surface area contributed by atoms with Crippen molar-refractivity contribution < 1.29 is 23.7 Å². The molecule has 8 nitrogen and oxygen atoms in total. The molecule has 0 saturated heterocycles. The zero-order valence-corrected chi connectivity index (χ0v) is 15.1. The first-order valence-corrected chi connectivity index (χ1v) is 8.73. The van der Waals surface area contributed by atoms with E-state index in [4.69, 9.17) is 9.15 Å². The first-order chi connectivity index (χ1) is 13.5. The largest absolute Gasteiger partial charge is 0.463 e. The van der Waals surface area contributed by atoms with Crippen LogP contribution in [-0.4, -0.2) is 23.4 Å². The zero-order chi connectivity index (χ0) is 20.1. The van der Waals surface area contributed by atoms with Gasteiger partial charge in [-0.15, -0.1) is 0 Å². The van der Waals surface area contributed by atoms with Crippen LogP contribution >= 0.6 is 0 Å². The number of nitro benzene ring substituents is 1. The lowest BCUT2D eigenvalue weighted by Crippen LogP contribution is -2.12. The van der Waals surface area contributed by atoms with Gasteiger partial charge >= 0.3 is 5.97 Å². The van der Waals surface area contributed by atoms with E-state index in [1.807, 2.05) is 6.92 Å². The van der Waals surface area contributed by atoms with Crippen molar-refractivity contribution in [2.24, 2.45) is 0 Å². The van der Waals surface area contributed by atoms with Crippen LogP contribution in [0.2, 0.25) is 0 Å². The lowest BCUT2D eigenvalue weighted by molar-refractivity contribution is -0.384. The molecule has 0 saturated carbocycles. The Labute approximate surface area is 160 Å². The predicted molar refractivity (Wildman–Crippen MR) is 102 cm³/mol. The molecule has 0 unspecified atom stereocenters. The fourth-order valence-electron chi connectivity index (χ4n) is 2.59. The van der Waals surface area contributed by atoms with Crippen molar-refractivity contribution in [3.05, 3.63) is 70.0 Å². The molecular weight excluding hydrogens is 364 g/mol. The topological polar surface area (TPSA) is 112 Å². The van der Waals surface area contributed by atoms with E-state index in [-0.39, 0.29) is 11.3 Å². The van der Waals surface area contributed by atoms with Crippen LogP contribution in [0, 0.1) is 10.1 Å². The van der Waals surface area contributed by atoms with Crippen molar-refractivity contribution in [1.82, 2.24) is 0 Å². The van der Waals surface area contributed by atoms with E-state index in [0.717, 1.165) is 12.8 Å². The highest BCUT2D eigenvalue weighted by Gasteiger charge is 2.17. The molecule has 1 N–H and O–H groups in total. The summed E-state index contributed by atoms with van der Waals surface area (Å²) in [6, 6.07) is 10.3. The van der Waals surface area contributed by atoms with E-state index in [1.54, 1.807) is 24.3 Å². The molecular formula is C20H18N2O6. The van der Waals surface area contributed by atoms with Crippen LogP contribution in [0.3, 0.4) is 0 Å². The molecule has 0 fully saturated rings. The highest BCUT2D eigenvalue weighted by molar-refractivity contribution is 6.12. The number of hydrogen-bond donors (Lipinski definition) is 1. The summed E-state index contributed by atoms with van der Waals surface area (Å²) in [5, 5.41) is 14.0. The van der Waals surface area contributed by atoms with Crippen LogP contribution in [0.25, 0.3) is 11.0 Å². The number of carbonyl (C=O) groups excluding carboxylic acids is 2. The molecule has 1 heterocycles. The number of carbonyl (C=O) groups is 2. The van der Waals surface area contributed by atoms with E-state index >= 15 is 0 Å². The fraction of sp³-hybridized carbons (Fsp3) is 0.200. The van der Waals surface area contributed by atoms with E-state index in [9.17, 15) is 19.7 Å². The minimum atomic E-state index is -0.535. The minimum Gasteiger partial charge on any atom is -0.463 e. The number of ether oxygens (including phenoxy) is 1. The SMILES string of the molecule is CCCCOC(=O)c1ccc(NC(=O)c2coc3ccc([N+](=O)[O-])cc23)cc1. The van der Waals surface area contributed by atoms with Gasteiger partial charge in [0.25, 0.3) is 11.6 Å². The Bertz CT molecular complexity index is 1020. The summed E-state index contributed by atoms with van der Waals surface area (Å²) >= 11 is 0. The molecule has 8 heteroatoms. The van der Waals surface area contributed by atoms with Crippen molar-refractivity contribution in [3.63, 3.8) is 0 Å². The zero-order valence-electron chi connectivity index (χ0n) is 15.1. The molecule has 2 aromatic carbocycles. The van der Waals surface area contributed by atoms with Gasteiger partial charge in [0.05, 0.1) is 22.7 Å². The maximum atomic E-state index is 12.5. The van der Waals surface area contributed by atoms with Gasteiger partial charge in [0.15, 0.2) is 0 Å². The van der Waals surface area contributed by atoms with Gasteiger partial charge in [0.1, 0.15) is 11.8 Å². The molecule has 144 valence electrons. The second-order valence-corrected chi connectivity index (χ2v) is 6.11. The van der Waals surface area contributed by atoms with E-state index < -0.39 is 16.8 Å². The third-order valence-corrected chi connectivity index (χ3v) is 4.12. The maximum absolute atomic E-state index is 12.5. The first-order valence-electron chi connectivity index (χ1n) is 8.73. The van der Waals surface area contributed by atoms with Gasteiger partial charge in [-0.2, -0.15) is 0 Å². The van der Waals surface area contributed by atoms with Gasteiger partial charge in [-0.05, 0) is 36.8 Å². The summed E-state index contributed by atoms with van der Waals surface area (Å²) in [5.41, 5.74) is 1.28. The van der Waals surface area contributed by atoms with Crippen molar-refractivity contribution in [3.8, 4) is 0 Å². The number of anilines is 1. The molecule has 0 aliphatic carbocycles. The normalized spacial score (nSPS) is 10.6. The molecule has 1 amide bonds. The average molecular weight is 382 g/mol. The van der Waals surface area contributed by atoms with Crippen molar-refractivity contribution >= 4 is 34.2 Å². The molecule has 0 radical (unpaired) electrons. The second kappa shape index (κ2) is 8.34. The van der Waals surface area contributed by atoms with E-state index in [0.29, 0.717) is 28.8 Å². The smallest absolute Gasteiger partial charge is 0.338 e. The van der Waals surface area contributed by atoms with Gasteiger partial charge in [-0.1, -0.05) is 13.3 Å². The Morgan fingerprint density at radius 3 is 2.61 bits per heavy atom. The van der Waals surface area contributed by atoms with Gasteiger partial charge in [-0.3, -0.25) is 14.9 Å². The molecule has 0 aliphatic rings. The third-order valence-electron chi connectivity index (χ3n) is 4.12. The monoisotopic (exact) mass is 382 g/mol. The summed E-state index contributed by atoms with van der Waals surface area (Å²) in [5.74, 6) is -0.892. The molecule has 3 rings (SSSR count). The Hall–Kier alpha value is -3.68. The number of benzene rings is 2. The number of nitro groups is 1. The molecule has 0 aliphatic heterocycles.